The van der Waals surface area contributed by atoms with Crippen molar-refractivity contribution in [2.24, 2.45) is 7.05 Å². The van der Waals surface area contributed by atoms with Crippen molar-refractivity contribution in [2.75, 3.05) is 13.1 Å². The van der Waals surface area contributed by atoms with Crippen molar-refractivity contribution in [3.05, 3.63) is 51.8 Å². The second kappa shape index (κ2) is 6.32. The fraction of sp³-hybridized carbons (Fsp3) is 0.471. The van der Waals surface area contributed by atoms with Crippen molar-refractivity contribution in [3.8, 4) is 0 Å². The summed E-state index contributed by atoms with van der Waals surface area (Å²) in [4.78, 5) is 2.54. The Morgan fingerprint density at radius 2 is 2.05 bits per heavy atom. The van der Waals surface area contributed by atoms with Gasteiger partial charge >= 0.3 is 0 Å². The van der Waals surface area contributed by atoms with Gasteiger partial charge in [0.2, 0.25) is 0 Å². The van der Waals surface area contributed by atoms with Crippen LogP contribution in [0.5, 0.6) is 0 Å². The fourth-order valence-electron chi connectivity index (χ4n) is 3.18. The molecular formula is C17H22BrN3. The maximum atomic E-state index is 4.59. The summed E-state index contributed by atoms with van der Waals surface area (Å²) in [6, 6.07) is 10.9. The van der Waals surface area contributed by atoms with Crippen molar-refractivity contribution in [3.63, 3.8) is 0 Å². The maximum absolute atomic E-state index is 4.59. The molecule has 0 saturated carbocycles. The van der Waals surface area contributed by atoms with Gasteiger partial charge in [-0.25, -0.2) is 0 Å². The van der Waals surface area contributed by atoms with E-state index in [4.69, 9.17) is 0 Å². The normalized spacial score (nSPS) is 19.3. The van der Waals surface area contributed by atoms with Gasteiger partial charge < -0.3 is 0 Å². The van der Waals surface area contributed by atoms with Gasteiger partial charge in [-0.3, -0.25) is 9.58 Å². The highest BCUT2D eigenvalue weighted by Gasteiger charge is 2.25. The minimum absolute atomic E-state index is 0.670. The first-order valence-electron chi connectivity index (χ1n) is 7.66. The van der Waals surface area contributed by atoms with Gasteiger partial charge in [0.05, 0.1) is 15.9 Å². The first-order chi connectivity index (χ1) is 10.2. The van der Waals surface area contributed by atoms with Gasteiger partial charge in [0, 0.05) is 20.1 Å². The minimum Gasteiger partial charge on any atom is -0.297 e. The number of halogens is 1. The molecule has 1 fully saturated rings. The average molecular weight is 348 g/mol. The van der Waals surface area contributed by atoms with Crippen LogP contribution < -0.4 is 0 Å². The number of hydrogen-bond donors (Lipinski definition) is 0. The van der Waals surface area contributed by atoms with Crippen LogP contribution in [-0.4, -0.2) is 27.8 Å². The Balaban J connectivity index is 1.69. The first-order valence-corrected chi connectivity index (χ1v) is 8.46. The van der Waals surface area contributed by atoms with Crippen molar-refractivity contribution in [2.45, 2.75) is 32.2 Å². The van der Waals surface area contributed by atoms with Crippen molar-refractivity contribution >= 4 is 15.9 Å². The Morgan fingerprint density at radius 3 is 2.71 bits per heavy atom. The van der Waals surface area contributed by atoms with Gasteiger partial charge in [0.1, 0.15) is 0 Å². The van der Waals surface area contributed by atoms with Crippen LogP contribution >= 0.6 is 15.9 Å². The zero-order valence-corrected chi connectivity index (χ0v) is 14.3. The Morgan fingerprint density at radius 1 is 1.29 bits per heavy atom. The number of aromatic nitrogens is 2. The molecule has 1 aliphatic rings. The number of benzene rings is 1. The molecule has 3 nitrogen and oxygen atoms in total. The molecule has 0 spiro atoms. The van der Waals surface area contributed by atoms with E-state index in [1.165, 1.54) is 28.7 Å². The first kappa shape index (κ1) is 14.8. The molecule has 1 unspecified atom stereocenters. The third-order valence-electron chi connectivity index (χ3n) is 4.42. The summed E-state index contributed by atoms with van der Waals surface area (Å²) in [7, 11) is 2.05. The van der Waals surface area contributed by atoms with E-state index in [-0.39, 0.29) is 0 Å². The monoisotopic (exact) mass is 347 g/mol. The number of aryl methyl sites for hydroxylation is 2. The summed E-state index contributed by atoms with van der Waals surface area (Å²) in [5, 5.41) is 4.59. The SMILES string of the molecule is CCc1nn(C)c(CN2CCC(c3ccccc3)C2)c1Br. The molecule has 3 rings (SSSR count). The number of hydrogen-bond acceptors (Lipinski definition) is 2. The summed E-state index contributed by atoms with van der Waals surface area (Å²) in [5.74, 6) is 0.670. The Labute approximate surface area is 135 Å². The maximum Gasteiger partial charge on any atom is 0.0767 e. The molecule has 1 saturated heterocycles. The van der Waals surface area contributed by atoms with Gasteiger partial charge in [0.25, 0.3) is 0 Å². The van der Waals surface area contributed by atoms with E-state index in [9.17, 15) is 0 Å². The molecule has 1 aromatic heterocycles. The van der Waals surface area contributed by atoms with E-state index < -0.39 is 0 Å². The molecular weight excluding hydrogens is 326 g/mol. The van der Waals surface area contributed by atoms with Crippen molar-refractivity contribution in [1.82, 2.24) is 14.7 Å². The molecule has 112 valence electrons. The summed E-state index contributed by atoms with van der Waals surface area (Å²) >= 11 is 3.72. The molecule has 4 heteroatoms. The van der Waals surface area contributed by atoms with E-state index in [1.54, 1.807) is 0 Å². The fourth-order valence-corrected chi connectivity index (χ4v) is 3.92. The lowest BCUT2D eigenvalue weighted by atomic mass is 9.99. The predicted molar refractivity (Wildman–Crippen MR) is 89.4 cm³/mol. The Hall–Kier alpha value is -1.13. The zero-order valence-electron chi connectivity index (χ0n) is 12.7. The van der Waals surface area contributed by atoms with Gasteiger partial charge in [-0.1, -0.05) is 37.3 Å². The van der Waals surface area contributed by atoms with Crippen LogP contribution in [0.4, 0.5) is 0 Å². The van der Waals surface area contributed by atoms with Crippen molar-refractivity contribution < 1.29 is 0 Å². The quantitative estimate of drug-likeness (QED) is 0.839. The van der Waals surface area contributed by atoms with Gasteiger partial charge in [-0.2, -0.15) is 5.10 Å². The molecule has 0 bridgehead atoms. The average Bonchev–Trinajstić information content (AvgIpc) is 3.08. The third kappa shape index (κ3) is 3.06. The predicted octanol–water partition coefficient (Wildman–Crippen LogP) is 3.73. The highest BCUT2D eigenvalue weighted by Crippen LogP contribution is 2.30. The topological polar surface area (TPSA) is 21.1 Å². The molecule has 0 radical (unpaired) electrons. The number of rotatable bonds is 4. The van der Waals surface area contributed by atoms with E-state index in [0.29, 0.717) is 5.92 Å². The number of likely N-dealkylation sites (tertiary alicyclic amines) is 1. The Kier molecular flexibility index (Phi) is 4.45. The van der Waals surface area contributed by atoms with Crippen LogP contribution in [0, 0.1) is 0 Å². The van der Waals surface area contributed by atoms with E-state index in [0.717, 1.165) is 25.2 Å². The zero-order chi connectivity index (χ0) is 14.8. The molecule has 0 amide bonds. The van der Waals surface area contributed by atoms with Crippen LogP contribution in [0.25, 0.3) is 0 Å². The summed E-state index contributed by atoms with van der Waals surface area (Å²) < 4.78 is 3.22. The van der Waals surface area contributed by atoms with Gasteiger partial charge in [-0.05, 0) is 46.8 Å². The molecule has 0 N–H and O–H groups in total. The van der Waals surface area contributed by atoms with E-state index >= 15 is 0 Å². The highest BCUT2D eigenvalue weighted by atomic mass is 79.9. The highest BCUT2D eigenvalue weighted by molar-refractivity contribution is 9.10. The Bertz CT molecular complexity index is 606. The summed E-state index contributed by atoms with van der Waals surface area (Å²) in [6.45, 7) is 5.44. The van der Waals surface area contributed by atoms with Crippen LogP contribution in [-0.2, 0) is 20.0 Å². The van der Waals surface area contributed by atoms with Gasteiger partial charge in [-0.15, -0.1) is 0 Å². The molecule has 1 atom stereocenters. The standard InChI is InChI=1S/C17H22BrN3/c1-3-15-17(18)16(20(2)19-15)12-21-10-9-14(11-21)13-7-5-4-6-8-13/h4-8,14H,3,9-12H2,1-2H3. The molecule has 2 aromatic rings. The smallest absolute Gasteiger partial charge is 0.0767 e. The second-order valence-corrected chi connectivity index (χ2v) is 6.61. The molecule has 0 aliphatic carbocycles. The summed E-state index contributed by atoms with van der Waals surface area (Å²) in [6.07, 6.45) is 2.22. The third-order valence-corrected chi connectivity index (χ3v) is 5.34. The van der Waals surface area contributed by atoms with Crippen molar-refractivity contribution in [1.29, 1.82) is 0 Å². The van der Waals surface area contributed by atoms with Crippen LogP contribution in [0.1, 0.15) is 36.2 Å². The van der Waals surface area contributed by atoms with E-state index in [2.05, 4.69) is 63.2 Å². The van der Waals surface area contributed by atoms with E-state index in [1.807, 2.05) is 11.7 Å². The summed E-state index contributed by atoms with van der Waals surface area (Å²) in [5.41, 5.74) is 3.92. The molecule has 1 aliphatic heterocycles. The molecule has 1 aromatic carbocycles. The second-order valence-electron chi connectivity index (χ2n) is 5.82. The molecule has 21 heavy (non-hydrogen) atoms. The minimum atomic E-state index is 0.670. The van der Waals surface area contributed by atoms with Crippen LogP contribution in [0.3, 0.4) is 0 Å². The largest absolute Gasteiger partial charge is 0.297 e. The van der Waals surface area contributed by atoms with Gasteiger partial charge in [0.15, 0.2) is 0 Å². The lowest BCUT2D eigenvalue weighted by Crippen LogP contribution is -2.21. The lowest BCUT2D eigenvalue weighted by Gasteiger charge is -2.16. The van der Waals surface area contributed by atoms with Crippen LogP contribution in [0.15, 0.2) is 34.8 Å². The lowest BCUT2D eigenvalue weighted by molar-refractivity contribution is 0.316. The number of nitrogens with zero attached hydrogens (tertiary/aromatic N) is 3. The molecule has 2 heterocycles. The van der Waals surface area contributed by atoms with Crippen LogP contribution in [0.2, 0.25) is 0 Å².